The molecule has 1 atom stereocenters. The van der Waals surface area contributed by atoms with E-state index in [9.17, 15) is 9.90 Å². The van der Waals surface area contributed by atoms with Crippen LogP contribution in [0.1, 0.15) is 37.8 Å². The first-order chi connectivity index (χ1) is 7.90. The Bertz CT molecular complexity index is 392. The lowest BCUT2D eigenvalue weighted by Gasteiger charge is -2.27. The third-order valence-corrected chi connectivity index (χ3v) is 2.92. The number of para-hydroxylation sites is 1. The van der Waals surface area contributed by atoms with E-state index in [1.807, 2.05) is 39.0 Å². The van der Waals surface area contributed by atoms with Crippen molar-refractivity contribution >= 4 is 5.97 Å². The SMILES string of the molecule is CCCC(C)(Oc1c(C)cccc1C)C(=O)O. The van der Waals surface area contributed by atoms with Crippen molar-refractivity contribution < 1.29 is 14.6 Å². The smallest absolute Gasteiger partial charge is 0.347 e. The zero-order valence-corrected chi connectivity index (χ0v) is 10.9. The minimum atomic E-state index is -1.15. The highest BCUT2D eigenvalue weighted by Crippen LogP contribution is 2.29. The van der Waals surface area contributed by atoms with Gasteiger partial charge in [-0.15, -0.1) is 0 Å². The molecule has 0 bridgehead atoms. The van der Waals surface area contributed by atoms with Crippen LogP contribution in [0.15, 0.2) is 18.2 Å². The molecule has 94 valence electrons. The van der Waals surface area contributed by atoms with Crippen molar-refractivity contribution in [2.24, 2.45) is 0 Å². The van der Waals surface area contributed by atoms with Gasteiger partial charge in [-0.05, 0) is 38.3 Å². The second kappa shape index (κ2) is 5.21. The van der Waals surface area contributed by atoms with Crippen molar-refractivity contribution in [3.63, 3.8) is 0 Å². The summed E-state index contributed by atoms with van der Waals surface area (Å²) >= 11 is 0. The van der Waals surface area contributed by atoms with E-state index in [0.29, 0.717) is 12.2 Å². The largest absolute Gasteiger partial charge is 0.478 e. The highest BCUT2D eigenvalue weighted by molar-refractivity contribution is 5.77. The van der Waals surface area contributed by atoms with Gasteiger partial charge in [0.05, 0.1) is 0 Å². The Morgan fingerprint density at radius 2 is 1.88 bits per heavy atom. The maximum atomic E-state index is 11.3. The molecular weight excluding hydrogens is 216 g/mol. The summed E-state index contributed by atoms with van der Waals surface area (Å²) in [5.74, 6) is -0.229. The number of ether oxygens (including phenoxy) is 1. The molecule has 0 aromatic heterocycles. The molecule has 1 unspecified atom stereocenters. The van der Waals surface area contributed by atoms with Crippen LogP contribution in [0.5, 0.6) is 5.75 Å². The summed E-state index contributed by atoms with van der Waals surface area (Å²) in [5, 5.41) is 9.28. The van der Waals surface area contributed by atoms with Crippen molar-refractivity contribution in [3.8, 4) is 5.75 Å². The third-order valence-electron chi connectivity index (χ3n) is 2.92. The van der Waals surface area contributed by atoms with Gasteiger partial charge >= 0.3 is 5.97 Å². The lowest BCUT2D eigenvalue weighted by Crippen LogP contribution is -2.41. The van der Waals surface area contributed by atoms with Gasteiger partial charge in [-0.3, -0.25) is 0 Å². The monoisotopic (exact) mass is 236 g/mol. The Morgan fingerprint density at radius 3 is 2.29 bits per heavy atom. The van der Waals surface area contributed by atoms with E-state index < -0.39 is 11.6 Å². The molecule has 0 fully saturated rings. The van der Waals surface area contributed by atoms with Gasteiger partial charge < -0.3 is 9.84 Å². The van der Waals surface area contributed by atoms with E-state index in [1.54, 1.807) is 6.92 Å². The van der Waals surface area contributed by atoms with Crippen molar-refractivity contribution in [2.75, 3.05) is 0 Å². The number of benzene rings is 1. The highest BCUT2D eigenvalue weighted by atomic mass is 16.5. The molecule has 1 aromatic rings. The Morgan fingerprint density at radius 1 is 1.35 bits per heavy atom. The van der Waals surface area contributed by atoms with Crippen LogP contribution in [-0.2, 0) is 4.79 Å². The summed E-state index contributed by atoms with van der Waals surface area (Å²) in [6.45, 7) is 7.44. The van der Waals surface area contributed by atoms with Gasteiger partial charge in [-0.25, -0.2) is 4.79 Å². The lowest BCUT2D eigenvalue weighted by atomic mass is 10.00. The average molecular weight is 236 g/mol. The fourth-order valence-corrected chi connectivity index (χ4v) is 1.86. The molecule has 17 heavy (non-hydrogen) atoms. The molecule has 1 rings (SSSR count). The minimum absolute atomic E-state index is 0.496. The first-order valence-electron chi connectivity index (χ1n) is 5.89. The number of carboxylic acid groups (broad SMARTS) is 1. The van der Waals surface area contributed by atoms with Crippen LogP contribution in [0.2, 0.25) is 0 Å². The zero-order valence-electron chi connectivity index (χ0n) is 10.9. The number of carbonyl (C=O) groups is 1. The van der Waals surface area contributed by atoms with E-state index >= 15 is 0 Å². The Balaban J connectivity index is 3.06. The van der Waals surface area contributed by atoms with Crippen molar-refractivity contribution in [1.29, 1.82) is 0 Å². The normalized spacial score (nSPS) is 14.1. The van der Waals surface area contributed by atoms with Crippen LogP contribution >= 0.6 is 0 Å². The Kier molecular flexibility index (Phi) is 4.16. The van der Waals surface area contributed by atoms with Gasteiger partial charge in [0.2, 0.25) is 5.60 Å². The number of hydrogen-bond donors (Lipinski definition) is 1. The first kappa shape index (κ1) is 13.6. The van der Waals surface area contributed by atoms with Gasteiger partial charge in [-0.1, -0.05) is 31.5 Å². The van der Waals surface area contributed by atoms with Crippen molar-refractivity contribution in [2.45, 2.75) is 46.1 Å². The number of aryl methyl sites for hydroxylation is 2. The summed E-state index contributed by atoms with van der Waals surface area (Å²) in [4.78, 5) is 11.3. The fourth-order valence-electron chi connectivity index (χ4n) is 1.86. The molecule has 0 aliphatic rings. The summed E-state index contributed by atoms with van der Waals surface area (Å²) in [7, 11) is 0. The predicted molar refractivity (Wildman–Crippen MR) is 67.5 cm³/mol. The van der Waals surface area contributed by atoms with Gasteiger partial charge in [-0.2, -0.15) is 0 Å². The maximum absolute atomic E-state index is 11.3. The average Bonchev–Trinajstić information content (AvgIpc) is 2.24. The summed E-state index contributed by atoms with van der Waals surface area (Å²) < 4.78 is 5.77. The molecule has 0 saturated heterocycles. The second-order valence-corrected chi connectivity index (χ2v) is 4.61. The lowest BCUT2D eigenvalue weighted by molar-refractivity contribution is -0.154. The molecular formula is C14H20O3. The van der Waals surface area contributed by atoms with Crippen LogP contribution < -0.4 is 4.74 Å². The number of rotatable bonds is 5. The minimum Gasteiger partial charge on any atom is -0.478 e. The molecule has 3 nitrogen and oxygen atoms in total. The molecule has 0 aliphatic heterocycles. The van der Waals surface area contributed by atoms with E-state index in [0.717, 1.165) is 17.5 Å². The quantitative estimate of drug-likeness (QED) is 0.853. The molecule has 0 spiro atoms. The maximum Gasteiger partial charge on any atom is 0.347 e. The summed E-state index contributed by atoms with van der Waals surface area (Å²) in [5.41, 5.74) is 0.785. The molecule has 3 heteroatoms. The molecule has 1 aromatic carbocycles. The van der Waals surface area contributed by atoms with Crippen LogP contribution in [-0.4, -0.2) is 16.7 Å². The van der Waals surface area contributed by atoms with Gasteiger partial charge in [0.15, 0.2) is 0 Å². The molecule has 0 saturated carbocycles. The van der Waals surface area contributed by atoms with Gasteiger partial charge in [0.1, 0.15) is 5.75 Å². The number of carboxylic acids is 1. The zero-order chi connectivity index (χ0) is 13.1. The van der Waals surface area contributed by atoms with E-state index in [1.165, 1.54) is 0 Å². The molecule has 0 aliphatic carbocycles. The topological polar surface area (TPSA) is 46.5 Å². The standard InChI is InChI=1S/C14H20O3/c1-5-9-14(4,13(15)16)17-12-10(2)7-6-8-11(12)3/h6-8H,5,9H2,1-4H3,(H,15,16). The first-order valence-corrected chi connectivity index (χ1v) is 5.89. The Labute approximate surface area is 102 Å². The van der Waals surface area contributed by atoms with Gasteiger partial charge in [0.25, 0.3) is 0 Å². The fraction of sp³-hybridized carbons (Fsp3) is 0.500. The number of aliphatic carboxylic acids is 1. The molecule has 1 N–H and O–H groups in total. The van der Waals surface area contributed by atoms with Crippen LogP contribution in [0.4, 0.5) is 0 Å². The molecule has 0 heterocycles. The third kappa shape index (κ3) is 2.99. The van der Waals surface area contributed by atoms with Crippen molar-refractivity contribution in [3.05, 3.63) is 29.3 Å². The summed E-state index contributed by atoms with van der Waals surface area (Å²) in [6.07, 6.45) is 1.27. The Hall–Kier alpha value is -1.51. The molecule has 0 radical (unpaired) electrons. The molecule has 0 amide bonds. The highest BCUT2D eigenvalue weighted by Gasteiger charge is 2.35. The van der Waals surface area contributed by atoms with Crippen molar-refractivity contribution in [1.82, 2.24) is 0 Å². The van der Waals surface area contributed by atoms with Crippen LogP contribution in [0, 0.1) is 13.8 Å². The van der Waals surface area contributed by atoms with E-state index in [-0.39, 0.29) is 0 Å². The predicted octanol–water partition coefficient (Wildman–Crippen LogP) is 3.33. The van der Waals surface area contributed by atoms with Crippen LogP contribution in [0.3, 0.4) is 0 Å². The van der Waals surface area contributed by atoms with Crippen LogP contribution in [0.25, 0.3) is 0 Å². The van der Waals surface area contributed by atoms with E-state index in [2.05, 4.69) is 0 Å². The van der Waals surface area contributed by atoms with E-state index in [4.69, 9.17) is 4.74 Å². The summed E-state index contributed by atoms with van der Waals surface area (Å²) in [6, 6.07) is 5.79. The van der Waals surface area contributed by atoms with Gasteiger partial charge in [0, 0.05) is 0 Å². The second-order valence-electron chi connectivity index (χ2n) is 4.61. The number of hydrogen-bond acceptors (Lipinski definition) is 2.